The van der Waals surface area contributed by atoms with E-state index in [-0.39, 0.29) is 0 Å². The molecule has 0 aliphatic carbocycles. The smallest absolute Gasteiger partial charge is 0.0669 e. The van der Waals surface area contributed by atoms with Crippen LogP contribution in [-0.4, -0.2) is 6.16 Å². The second-order valence-corrected chi connectivity index (χ2v) is 1.50. The molecule has 0 saturated heterocycles. The molecule has 1 nitrogen and oxygen atoms in total. The monoisotopic (exact) mass is 90.0 g/mol. The molecule has 30 valence electrons. The summed E-state index contributed by atoms with van der Waals surface area (Å²) in [4.78, 5) is 9.54. The fourth-order valence-electron chi connectivity index (χ4n) is 0.0680. The van der Waals surface area contributed by atoms with E-state index >= 15 is 0 Å². The molecule has 0 bridgehead atoms. The summed E-state index contributed by atoms with van der Waals surface area (Å²) >= 11 is 0. The molecule has 2 heteroatoms. The van der Waals surface area contributed by atoms with E-state index in [2.05, 4.69) is 6.58 Å². The van der Waals surface area contributed by atoms with Gasteiger partial charge in [0.25, 0.3) is 0 Å². The van der Waals surface area contributed by atoms with Gasteiger partial charge >= 0.3 is 0 Å². The Labute approximate surface area is 33.6 Å². The van der Waals surface area contributed by atoms with Crippen LogP contribution in [0.25, 0.3) is 0 Å². The molecule has 0 aromatic carbocycles. The Hall–Kier alpha value is 0.130. The largest absolute Gasteiger partial charge is 0.683 e. The Morgan fingerprint density at radius 2 is 2.60 bits per heavy atom. The van der Waals surface area contributed by atoms with Gasteiger partial charge in [0.15, 0.2) is 0 Å². The van der Waals surface area contributed by atoms with Crippen molar-refractivity contribution in [3.8, 4) is 0 Å². The van der Waals surface area contributed by atoms with E-state index in [0.29, 0.717) is 6.16 Å². The molecule has 0 heterocycles. The molecule has 0 saturated carbocycles. The van der Waals surface area contributed by atoms with Gasteiger partial charge in [-0.15, -0.1) is 0 Å². The van der Waals surface area contributed by atoms with Crippen molar-refractivity contribution < 1.29 is 4.89 Å². The van der Waals surface area contributed by atoms with Crippen LogP contribution in [-0.2, 0) is 0 Å². The zero-order valence-corrected chi connectivity index (χ0v) is 4.13. The Morgan fingerprint density at radius 3 is 2.60 bits per heavy atom. The molecule has 0 spiro atoms. The van der Waals surface area contributed by atoms with Gasteiger partial charge in [-0.25, -0.2) is 0 Å². The van der Waals surface area contributed by atoms with Crippen molar-refractivity contribution >= 4 is 8.81 Å². The lowest BCUT2D eigenvalue weighted by Crippen LogP contribution is -1.79. The van der Waals surface area contributed by atoms with E-state index < -0.39 is 8.81 Å². The summed E-state index contributed by atoms with van der Waals surface area (Å²) < 4.78 is 0. The van der Waals surface area contributed by atoms with Crippen LogP contribution in [0.2, 0.25) is 0 Å². The van der Waals surface area contributed by atoms with E-state index in [1.165, 1.54) is 0 Å². The molecule has 0 N–H and O–H groups in total. The predicted molar refractivity (Wildman–Crippen MR) is 24.8 cm³/mol. The molecular formula is C3H7OP. The summed E-state index contributed by atoms with van der Waals surface area (Å²) in [5, 5.41) is 0. The van der Waals surface area contributed by atoms with E-state index in [4.69, 9.17) is 0 Å². The normalized spacial score (nSPS) is 9.80. The quantitative estimate of drug-likeness (QED) is 0.342. The Kier molecular flexibility index (Phi) is 4.24. The summed E-state index contributed by atoms with van der Waals surface area (Å²) in [5.41, 5.74) is 0. The van der Waals surface area contributed by atoms with E-state index in [1.807, 2.05) is 0 Å². The van der Waals surface area contributed by atoms with Crippen molar-refractivity contribution in [2.45, 2.75) is 0 Å². The predicted octanol–water partition coefficient (Wildman–Crippen LogP) is -0.142. The molecule has 0 aromatic rings. The second-order valence-electron chi connectivity index (χ2n) is 0.691. The van der Waals surface area contributed by atoms with Gasteiger partial charge in [-0.1, -0.05) is 21.5 Å². The number of hydrogen-bond donors (Lipinski definition) is 0. The van der Waals surface area contributed by atoms with Crippen molar-refractivity contribution in [1.29, 1.82) is 0 Å². The minimum atomic E-state index is -0.582. The second kappa shape index (κ2) is 4.13. The molecule has 5 heavy (non-hydrogen) atoms. The Balaban J connectivity index is 2.40. The molecule has 0 aliphatic rings. The van der Waals surface area contributed by atoms with Crippen LogP contribution >= 0.6 is 8.81 Å². The first-order chi connectivity index (χ1) is 2.41. The van der Waals surface area contributed by atoms with Crippen molar-refractivity contribution in [3.05, 3.63) is 12.7 Å². The molecule has 0 amide bonds. The van der Waals surface area contributed by atoms with Gasteiger partial charge < -0.3 is 4.89 Å². The maximum absolute atomic E-state index is 9.54. The Morgan fingerprint density at radius 1 is 2.00 bits per heavy atom. The minimum Gasteiger partial charge on any atom is -0.683 e. The van der Waals surface area contributed by atoms with E-state index in [9.17, 15) is 4.89 Å². The molecule has 0 rings (SSSR count). The first-order valence-corrected chi connectivity index (χ1v) is 2.75. The average molecular weight is 90.1 g/mol. The van der Waals surface area contributed by atoms with Gasteiger partial charge in [0.05, 0.1) is 6.16 Å². The van der Waals surface area contributed by atoms with Crippen LogP contribution in [0.1, 0.15) is 0 Å². The molecule has 1 unspecified atom stereocenters. The van der Waals surface area contributed by atoms with Gasteiger partial charge in [0.2, 0.25) is 0 Å². The molecule has 0 fully saturated rings. The Bertz CT molecular complexity index is 28.1. The number of hydrogen-bond acceptors (Lipinski definition) is 1. The highest BCUT2D eigenvalue weighted by Crippen LogP contribution is 1.90. The van der Waals surface area contributed by atoms with Crippen molar-refractivity contribution in [2.75, 3.05) is 6.16 Å². The van der Waals surface area contributed by atoms with E-state index in [0.717, 1.165) is 0 Å². The SMILES string of the molecule is C=CC[PH2+][O-]. The highest BCUT2D eigenvalue weighted by Gasteiger charge is 1.61. The van der Waals surface area contributed by atoms with Crippen LogP contribution in [0.3, 0.4) is 0 Å². The van der Waals surface area contributed by atoms with Crippen molar-refractivity contribution in [1.82, 2.24) is 0 Å². The third kappa shape index (κ3) is 4.13. The lowest BCUT2D eigenvalue weighted by atomic mass is 10.8. The van der Waals surface area contributed by atoms with Gasteiger partial charge in [-0.2, -0.15) is 0 Å². The van der Waals surface area contributed by atoms with Gasteiger partial charge in [-0.3, -0.25) is 0 Å². The van der Waals surface area contributed by atoms with Crippen LogP contribution in [0.5, 0.6) is 0 Å². The van der Waals surface area contributed by atoms with Crippen LogP contribution in [0, 0.1) is 0 Å². The minimum absolute atomic E-state index is 0.582. The van der Waals surface area contributed by atoms with Crippen LogP contribution < -0.4 is 4.89 Å². The molecule has 0 radical (unpaired) electrons. The van der Waals surface area contributed by atoms with Gasteiger partial charge in [0.1, 0.15) is 0 Å². The summed E-state index contributed by atoms with van der Waals surface area (Å²) in [6.45, 7) is 3.37. The fraction of sp³-hybridized carbons (Fsp3) is 0.333. The number of rotatable bonds is 2. The molecular weight excluding hydrogens is 83.0 g/mol. The lowest BCUT2D eigenvalue weighted by molar-refractivity contribution is -0.149. The third-order valence-electron chi connectivity index (χ3n) is 0.263. The summed E-state index contributed by atoms with van der Waals surface area (Å²) in [5.74, 6) is 0. The summed E-state index contributed by atoms with van der Waals surface area (Å²) in [6.07, 6.45) is 2.34. The highest BCUT2D eigenvalue weighted by atomic mass is 31.1. The van der Waals surface area contributed by atoms with Crippen molar-refractivity contribution in [3.63, 3.8) is 0 Å². The fourth-order valence-corrected chi connectivity index (χ4v) is 0.204. The first kappa shape index (κ1) is 5.13. The highest BCUT2D eigenvalue weighted by molar-refractivity contribution is 7.29. The zero-order valence-electron chi connectivity index (χ0n) is 2.98. The lowest BCUT2D eigenvalue weighted by Gasteiger charge is -1.80. The van der Waals surface area contributed by atoms with Crippen LogP contribution in [0.15, 0.2) is 12.7 Å². The maximum Gasteiger partial charge on any atom is 0.0669 e. The molecule has 0 aliphatic heterocycles. The molecule has 0 aromatic heterocycles. The number of allylic oxidation sites excluding steroid dienone is 1. The summed E-state index contributed by atoms with van der Waals surface area (Å²) in [6, 6.07) is 0. The maximum atomic E-state index is 9.54. The average Bonchev–Trinajstić information content (AvgIpc) is 1.41. The zero-order chi connectivity index (χ0) is 4.12. The van der Waals surface area contributed by atoms with E-state index in [1.54, 1.807) is 6.08 Å². The van der Waals surface area contributed by atoms with Gasteiger partial charge in [0, 0.05) is 0 Å². The standard InChI is InChI=1S/C3H7OP/c1-2-3-5-4/h2H,1,3,5H2. The third-order valence-corrected chi connectivity index (χ3v) is 0.789. The first-order valence-electron chi connectivity index (χ1n) is 1.46. The summed E-state index contributed by atoms with van der Waals surface area (Å²) in [7, 11) is -0.582. The molecule has 1 atom stereocenters. The van der Waals surface area contributed by atoms with Crippen molar-refractivity contribution in [2.24, 2.45) is 0 Å². The van der Waals surface area contributed by atoms with Gasteiger partial charge in [-0.05, 0) is 0 Å². The topological polar surface area (TPSA) is 23.1 Å². The van der Waals surface area contributed by atoms with Crippen LogP contribution in [0.4, 0.5) is 0 Å².